The minimum Gasteiger partial charge on any atom is -0.508 e. The molecule has 1 rings (SSSR count). The highest BCUT2D eigenvalue weighted by molar-refractivity contribution is 5.69. The topological polar surface area (TPSA) is 46.5 Å². The van der Waals surface area contributed by atoms with Crippen LogP contribution in [0.4, 0.5) is 0 Å². The Morgan fingerprint density at radius 2 is 2.21 bits per heavy atom. The number of carbonyl (C=O) groups is 1. The van der Waals surface area contributed by atoms with E-state index in [-0.39, 0.29) is 11.7 Å². The summed E-state index contributed by atoms with van der Waals surface area (Å²) in [6.07, 6.45) is 1.80. The maximum absolute atomic E-state index is 10.6. The number of rotatable bonds is 3. The van der Waals surface area contributed by atoms with Gasteiger partial charge in [0.05, 0.1) is 0 Å². The van der Waals surface area contributed by atoms with Gasteiger partial charge < -0.3 is 9.84 Å². The van der Waals surface area contributed by atoms with Crippen LogP contribution < -0.4 is 4.74 Å². The smallest absolute Gasteiger partial charge is 0.308 e. The van der Waals surface area contributed by atoms with Crippen molar-refractivity contribution in [2.45, 2.75) is 26.7 Å². The number of benzene rings is 1. The first-order chi connectivity index (χ1) is 6.63. The molecule has 76 valence electrons. The minimum atomic E-state index is -0.382. The van der Waals surface area contributed by atoms with Crippen molar-refractivity contribution in [2.75, 3.05) is 0 Å². The van der Waals surface area contributed by atoms with Gasteiger partial charge in [0.2, 0.25) is 0 Å². The Kier molecular flexibility index (Phi) is 3.51. The molecule has 14 heavy (non-hydrogen) atoms. The van der Waals surface area contributed by atoms with Crippen molar-refractivity contribution in [3.8, 4) is 11.5 Å². The molecule has 0 spiro atoms. The Hall–Kier alpha value is -1.51. The zero-order chi connectivity index (χ0) is 10.6. The van der Waals surface area contributed by atoms with E-state index in [4.69, 9.17) is 4.74 Å². The van der Waals surface area contributed by atoms with E-state index >= 15 is 0 Å². The maximum Gasteiger partial charge on any atom is 0.308 e. The van der Waals surface area contributed by atoms with Crippen LogP contribution in [0, 0.1) is 0 Å². The van der Waals surface area contributed by atoms with E-state index in [1.165, 1.54) is 13.0 Å². The average Bonchev–Trinajstić information content (AvgIpc) is 2.09. The summed E-state index contributed by atoms with van der Waals surface area (Å²) >= 11 is 0. The lowest BCUT2D eigenvalue weighted by Crippen LogP contribution is -2.01. The van der Waals surface area contributed by atoms with Gasteiger partial charge in [-0.15, -0.1) is 0 Å². The van der Waals surface area contributed by atoms with Gasteiger partial charge in [-0.3, -0.25) is 4.79 Å². The fourth-order valence-electron chi connectivity index (χ4n) is 1.25. The van der Waals surface area contributed by atoms with Crippen molar-refractivity contribution in [2.24, 2.45) is 0 Å². The van der Waals surface area contributed by atoms with Crippen LogP contribution >= 0.6 is 0 Å². The van der Waals surface area contributed by atoms with Crippen LogP contribution in [0.25, 0.3) is 0 Å². The van der Waals surface area contributed by atoms with Crippen LogP contribution in [0.15, 0.2) is 18.2 Å². The van der Waals surface area contributed by atoms with E-state index in [1.54, 1.807) is 12.1 Å². The lowest BCUT2D eigenvalue weighted by atomic mass is 10.1. The summed E-state index contributed by atoms with van der Waals surface area (Å²) in [7, 11) is 0. The summed E-state index contributed by atoms with van der Waals surface area (Å²) in [4.78, 5) is 10.6. The first kappa shape index (κ1) is 10.6. The summed E-state index contributed by atoms with van der Waals surface area (Å²) in [5.41, 5.74) is 0.878. The summed E-state index contributed by atoms with van der Waals surface area (Å²) in [5, 5.41) is 9.54. The fraction of sp³-hybridized carbons (Fsp3) is 0.364. The Balaban J connectivity index is 2.83. The third kappa shape index (κ3) is 2.76. The van der Waals surface area contributed by atoms with Gasteiger partial charge >= 0.3 is 5.97 Å². The van der Waals surface area contributed by atoms with E-state index in [0.29, 0.717) is 5.75 Å². The van der Waals surface area contributed by atoms with E-state index in [2.05, 4.69) is 0 Å². The summed E-state index contributed by atoms with van der Waals surface area (Å²) < 4.78 is 4.83. The zero-order valence-electron chi connectivity index (χ0n) is 8.41. The van der Waals surface area contributed by atoms with Crippen LogP contribution in [0.2, 0.25) is 0 Å². The zero-order valence-corrected chi connectivity index (χ0v) is 8.41. The van der Waals surface area contributed by atoms with Crippen molar-refractivity contribution < 1.29 is 14.6 Å². The number of phenolic OH excluding ortho intramolecular Hbond substituents is 1. The molecule has 0 heterocycles. The number of hydrogen-bond acceptors (Lipinski definition) is 3. The lowest BCUT2D eigenvalue weighted by Gasteiger charge is -2.05. The van der Waals surface area contributed by atoms with Crippen LogP contribution in [0.1, 0.15) is 25.8 Å². The Morgan fingerprint density at radius 3 is 2.71 bits per heavy atom. The SMILES string of the molecule is CCCc1ccc(OC(C)=O)cc1O. The van der Waals surface area contributed by atoms with E-state index < -0.39 is 0 Å². The predicted molar refractivity (Wildman–Crippen MR) is 53.4 cm³/mol. The van der Waals surface area contributed by atoms with Crippen LogP contribution in [0.5, 0.6) is 11.5 Å². The normalized spacial score (nSPS) is 9.86. The third-order valence-corrected chi connectivity index (χ3v) is 1.84. The molecule has 0 fully saturated rings. The van der Waals surface area contributed by atoms with Gasteiger partial charge in [-0.1, -0.05) is 19.4 Å². The molecule has 1 aromatic carbocycles. The largest absolute Gasteiger partial charge is 0.508 e. The molecule has 1 aromatic rings. The van der Waals surface area contributed by atoms with E-state index in [0.717, 1.165) is 18.4 Å². The van der Waals surface area contributed by atoms with Crippen molar-refractivity contribution in [1.82, 2.24) is 0 Å². The molecular weight excluding hydrogens is 180 g/mol. The highest BCUT2D eigenvalue weighted by Gasteiger charge is 2.03. The molecule has 0 radical (unpaired) electrons. The summed E-state index contributed by atoms with van der Waals surface area (Å²) in [6.45, 7) is 3.37. The van der Waals surface area contributed by atoms with Gasteiger partial charge in [0.1, 0.15) is 11.5 Å². The van der Waals surface area contributed by atoms with Crippen LogP contribution in [-0.2, 0) is 11.2 Å². The molecule has 0 aliphatic heterocycles. The molecule has 0 saturated heterocycles. The minimum absolute atomic E-state index is 0.186. The molecule has 3 nitrogen and oxygen atoms in total. The van der Waals surface area contributed by atoms with E-state index in [1.807, 2.05) is 6.92 Å². The van der Waals surface area contributed by atoms with Crippen LogP contribution in [-0.4, -0.2) is 11.1 Å². The number of phenols is 1. The molecule has 0 amide bonds. The molecule has 0 aliphatic rings. The number of ether oxygens (including phenoxy) is 1. The second-order valence-corrected chi connectivity index (χ2v) is 3.13. The molecule has 0 saturated carbocycles. The number of aryl methyl sites for hydroxylation is 1. The first-order valence-electron chi connectivity index (χ1n) is 4.63. The van der Waals surface area contributed by atoms with Crippen molar-refractivity contribution >= 4 is 5.97 Å². The standard InChI is InChI=1S/C11H14O3/c1-3-4-9-5-6-10(7-11(9)13)14-8(2)12/h5-7,13H,3-4H2,1-2H3. The third-order valence-electron chi connectivity index (χ3n) is 1.84. The van der Waals surface area contributed by atoms with Crippen LogP contribution in [0.3, 0.4) is 0 Å². The average molecular weight is 194 g/mol. The second-order valence-electron chi connectivity index (χ2n) is 3.13. The van der Waals surface area contributed by atoms with Crippen molar-refractivity contribution in [3.63, 3.8) is 0 Å². The highest BCUT2D eigenvalue weighted by Crippen LogP contribution is 2.24. The van der Waals surface area contributed by atoms with Gasteiger partial charge in [0.15, 0.2) is 0 Å². The first-order valence-corrected chi connectivity index (χ1v) is 4.63. The number of hydrogen-bond donors (Lipinski definition) is 1. The number of aromatic hydroxyl groups is 1. The van der Waals surface area contributed by atoms with Gasteiger partial charge in [-0.05, 0) is 18.1 Å². The van der Waals surface area contributed by atoms with Gasteiger partial charge in [0, 0.05) is 13.0 Å². The number of carbonyl (C=O) groups excluding carboxylic acids is 1. The Labute approximate surface area is 83.3 Å². The van der Waals surface area contributed by atoms with Crippen molar-refractivity contribution in [3.05, 3.63) is 23.8 Å². The molecule has 0 aromatic heterocycles. The Morgan fingerprint density at radius 1 is 1.50 bits per heavy atom. The molecule has 0 atom stereocenters. The van der Waals surface area contributed by atoms with Gasteiger partial charge in [0.25, 0.3) is 0 Å². The van der Waals surface area contributed by atoms with Crippen molar-refractivity contribution in [1.29, 1.82) is 0 Å². The molecular formula is C11H14O3. The Bertz CT molecular complexity index is 331. The maximum atomic E-state index is 10.6. The predicted octanol–water partition coefficient (Wildman–Crippen LogP) is 2.27. The molecule has 0 bridgehead atoms. The number of esters is 1. The monoisotopic (exact) mass is 194 g/mol. The molecule has 1 N–H and O–H groups in total. The van der Waals surface area contributed by atoms with E-state index in [9.17, 15) is 9.90 Å². The highest BCUT2D eigenvalue weighted by atomic mass is 16.5. The molecule has 3 heteroatoms. The summed E-state index contributed by atoms with van der Waals surface area (Å²) in [5.74, 6) is 0.188. The molecule has 0 unspecified atom stereocenters. The second kappa shape index (κ2) is 4.65. The molecule has 0 aliphatic carbocycles. The fourth-order valence-corrected chi connectivity index (χ4v) is 1.25. The van der Waals surface area contributed by atoms with Gasteiger partial charge in [-0.25, -0.2) is 0 Å². The lowest BCUT2D eigenvalue weighted by molar-refractivity contribution is -0.131. The summed E-state index contributed by atoms with van der Waals surface area (Å²) in [6, 6.07) is 4.93. The quantitative estimate of drug-likeness (QED) is 0.593. The van der Waals surface area contributed by atoms with Gasteiger partial charge in [-0.2, -0.15) is 0 Å².